The molecule has 2 atom stereocenters. The molecule has 1 aromatic carbocycles. The molecule has 1 aromatic rings. The van der Waals surface area contributed by atoms with E-state index in [0.717, 1.165) is 29.7 Å². The van der Waals surface area contributed by atoms with Crippen molar-refractivity contribution >= 4 is 0 Å². The molecule has 0 spiro atoms. The van der Waals surface area contributed by atoms with Crippen LogP contribution in [0.5, 0.6) is 11.5 Å². The molecule has 112 valence electrons. The Bertz CT molecular complexity index is 593. The number of hydrogen-bond acceptors (Lipinski definition) is 2. The average molecular weight is 284 g/mol. The summed E-state index contributed by atoms with van der Waals surface area (Å²) in [6.45, 7) is 8.51. The van der Waals surface area contributed by atoms with Crippen molar-refractivity contribution in [1.82, 2.24) is 0 Å². The van der Waals surface area contributed by atoms with Crippen molar-refractivity contribution < 1.29 is 9.84 Å². The van der Waals surface area contributed by atoms with Crippen LogP contribution in [0, 0.1) is 25.7 Å². The van der Waals surface area contributed by atoms with Crippen LogP contribution in [-0.4, -0.2) is 10.7 Å². The van der Waals surface area contributed by atoms with E-state index in [-0.39, 0.29) is 5.60 Å². The van der Waals surface area contributed by atoms with Gasteiger partial charge in [0.1, 0.15) is 17.1 Å². The van der Waals surface area contributed by atoms with Crippen LogP contribution in [0.2, 0.25) is 0 Å². The molecule has 1 unspecified atom stereocenters. The highest BCUT2D eigenvalue weighted by atomic mass is 16.5. The molecule has 2 nitrogen and oxygen atoms in total. The van der Waals surface area contributed by atoms with Crippen LogP contribution in [0.25, 0.3) is 0 Å². The summed E-state index contributed by atoms with van der Waals surface area (Å²) in [5.41, 5.74) is 3.32. The molecule has 0 bridgehead atoms. The number of phenolic OH excluding ortho intramolecular Hbond substituents is 1. The molecular weight excluding hydrogens is 260 g/mol. The summed E-state index contributed by atoms with van der Waals surface area (Å²) in [5.74, 6) is 2.09. The monoisotopic (exact) mass is 284 g/mol. The van der Waals surface area contributed by atoms with Crippen molar-refractivity contribution in [2.24, 2.45) is 5.92 Å². The number of terminal acetylenes is 1. The van der Waals surface area contributed by atoms with Crippen molar-refractivity contribution in [2.45, 2.75) is 52.1 Å². The maximum atomic E-state index is 10.3. The highest BCUT2D eigenvalue weighted by Gasteiger charge is 2.45. The van der Waals surface area contributed by atoms with E-state index in [9.17, 15) is 5.11 Å². The Labute approximate surface area is 127 Å². The topological polar surface area (TPSA) is 29.5 Å². The Kier molecular flexibility index (Phi) is 4.05. The number of allylic oxidation sites excluding steroid dienone is 2. The molecule has 0 fully saturated rings. The highest BCUT2D eigenvalue weighted by Crippen LogP contribution is 2.53. The van der Waals surface area contributed by atoms with Gasteiger partial charge < -0.3 is 9.84 Å². The van der Waals surface area contributed by atoms with E-state index in [2.05, 4.69) is 45.8 Å². The second-order valence-electron chi connectivity index (χ2n) is 6.60. The zero-order valence-electron chi connectivity index (χ0n) is 13.3. The van der Waals surface area contributed by atoms with E-state index in [1.54, 1.807) is 0 Å². The standard InChI is InChI=1S/C17H22O2.C2H2/c1-10-5-6-13-12(7-10)16-14(18)8-11(2)9-15(16)19-17(13,3)4;1-2/h5,8-9,12-13,18H,6-7H2,1-4H3;1-2H/t12?,13-;/m1./s1. The van der Waals surface area contributed by atoms with E-state index in [0.29, 0.717) is 17.6 Å². The quantitative estimate of drug-likeness (QED) is 0.559. The summed E-state index contributed by atoms with van der Waals surface area (Å²) >= 11 is 0. The highest BCUT2D eigenvalue weighted by molar-refractivity contribution is 5.52. The average Bonchev–Trinajstić information content (AvgIpc) is 2.38. The largest absolute Gasteiger partial charge is 0.508 e. The Balaban J connectivity index is 0.000000774. The summed E-state index contributed by atoms with van der Waals surface area (Å²) in [6, 6.07) is 3.91. The number of aryl methyl sites for hydroxylation is 1. The predicted molar refractivity (Wildman–Crippen MR) is 86.7 cm³/mol. The first kappa shape index (κ1) is 15.5. The zero-order valence-corrected chi connectivity index (χ0v) is 13.3. The third-order valence-corrected chi connectivity index (χ3v) is 4.65. The maximum Gasteiger partial charge on any atom is 0.127 e. The fourth-order valence-corrected chi connectivity index (χ4v) is 3.70. The Morgan fingerprint density at radius 2 is 1.90 bits per heavy atom. The number of hydrogen-bond donors (Lipinski definition) is 1. The molecule has 0 saturated carbocycles. The van der Waals surface area contributed by atoms with Crippen molar-refractivity contribution in [3.05, 3.63) is 34.9 Å². The van der Waals surface area contributed by atoms with Gasteiger partial charge in [-0.2, -0.15) is 0 Å². The van der Waals surface area contributed by atoms with Gasteiger partial charge in [-0.15, -0.1) is 12.8 Å². The first-order valence-corrected chi connectivity index (χ1v) is 7.40. The van der Waals surface area contributed by atoms with Crippen molar-refractivity contribution in [3.63, 3.8) is 0 Å². The lowest BCUT2D eigenvalue weighted by atomic mass is 9.67. The van der Waals surface area contributed by atoms with Gasteiger partial charge in [0, 0.05) is 17.4 Å². The second-order valence-corrected chi connectivity index (χ2v) is 6.60. The summed E-state index contributed by atoms with van der Waals surface area (Å²) < 4.78 is 6.20. The summed E-state index contributed by atoms with van der Waals surface area (Å²) in [7, 11) is 0. The van der Waals surface area contributed by atoms with Gasteiger partial charge in [0.05, 0.1) is 0 Å². The first-order valence-electron chi connectivity index (χ1n) is 7.40. The van der Waals surface area contributed by atoms with E-state index >= 15 is 0 Å². The van der Waals surface area contributed by atoms with E-state index in [1.807, 2.05) is 13.0 Å². The number of fused-ring (bicyclic) bond motifs is 3. The summed E-state index contributed by atoms with van der Waals surface area (Å²) in [6.07, 6.45) is 12.4. The lowest BCUT2D eigenvalue weighted by molar-refractivity contribution is 0.00756. The van der Waals surface area contributed by atoms with Gasteiger partial charge in [0.15, 0.2) is 0 Å². The van der Waals surface area contributed by atoms with Crippen molar-refractivity contribution in [3.8, 4) is 24.3 Å². The first-order chi connectivity index (χ1) is 9.88. The lowest BCUT2D eigenvalue weighted by Crippen LogP contribution is -2.45. The minimum atomic E-state index is -0.172. The maximum absolute atomic E-state index is 10.3. The van der Waals surface area contributed by atoms with Crippen LogP contribution in [0.3, 0.4) is 0 Å². The van der Waals surface area contributed by atoms with Gasteiger partial charge in [-0.25, -0.2) is 0 Å². The molecule has 1 aliphatic carbocycles. The van der Waals surface area contributed by atoms with Crippen LogP contribution in [0.1, 0.15) is 50.7 Å². The molecule has 0 saturated heterocycles. The molecule has 0 aromatic heterocycles. The molecule has 0 amide bonds. The van der Waals surface area contributed by atoms with Gasteiger partial charge in [-0.05, 0) is 58.2 Å². The van der Waals surface area contributed by atoms with Crippen LogP contribution in [-0.2, 0) is 0 Å². The van der Waals surface area contributed by atoms with Gasteiger partial charge in [0.2, 0.25) is 0 Å². The molecule has 2 aliphatic rings. The molecule has 2 heteroatoms. The fraction of sp³-hybridized carbons (Fsp3) is 0.474. The number of ether oxygens (including phenoxy) is 1. The minimum Gasteiger partial charge on any atom is -0.508 e. The molecule has 1 heterocycles. The predicted octanol–water partition coefficient (Wildman–Crippen LogP) is 4.56. The van der Waals surface area contributed by atoms with Crippen LogP contribution in [0.4, 0.5) is 0 Å². The third kappa shape index (κ3) is 2.65. The number of rotatable bonds is 0. The SMILES string of the molecule is C#C.CC1=CC[C@@H]2C(C1)c1c(O)cc(C)cc1OC2(C)C. The molecule has 0 radical (unpaired) electrons. The number of benzene rings is 1. The molecule has 1 N–H and O–H groups in total. The van der Waals surface area contributed by atoms with Crippen molar-refractivity contribution in [2.75, 3.05) is 0 Å². The number of aromatic hydroxyl groups is 1. The van der Waals surface area contributed by atoms with Crippen LogP contribution in [0.15, 0.2) is 23.8 Å². The molecular formula is C19H24O2. The smallest absolute Gasteiger partial charge is 0.127 e. The Hall–Kier alpha value is -1.88. The van der Waals surface area contributed by atoms with Gasteiger partial charge in [0.25, 0.3) is 0 Å². The Morgan fingerprint density at radius 1 is 1.24 bits per heavy atom. The molecule has 21 heavy (non-hydrogen) atoms. The van der Waals surface area contributed by atoms with Gasteiger partial charge in [-0.3, -0.25) is 0 Å². The van der Waals surface area contributed by atoms with Crippen LogP contribution < -0.4 is 4.74 Å². The second kappa shape index (κ2) is 5.48. The van der Waals surface area contributed by atoms with Gasteiger partial charge in [-0.1, -0.05) is 11.6 Å². The van der Waals surface area contributed by atoms with Gasteiger partial charge >= 0.3 is 0 Å². The Morgan fingerprint density at radius 3 is 2.57 bits per heavy atom. The molecule has 3 rings (SSSR count). The minimum absolute atomic E-state index is 0.172. The molecule has 1 aliphatic heterocycles. The normalized spacial score (nSPS) is 25.3. The van der Waals surface area contributed by atoms with Crippen molar-refractivity contribution in [1.29, 1.82) is 0 Å². The third-order valence-electron chi connectivity index (χ3n) is 4.65. The summed E-state index contributed by atoms with van der Waals surface area (Å²) in [5, 5.41) is 10.3. The summed E-state index contributed by atoms with van der Waals surface area (Å²) in [4.78, 5) is 0. The van der Waals surface area contributed by atoms with E-state index in [1.165, 1.54) is 5.57 Å². The van der Waals surface area contributed by atoms with E-state index < -0.39 is 0 Å². The van der Waals surface area contributed by atoms with E-state index in [4.69, 9.17) is 4.74 Å². The zero-order chi connectivity index (χ0) is 15.8. The lowest BCUT2D eigenvalue weighted by Gasteiger charge is -2.47. The number of phenols is 1. The fourth-order valence-electron chi connectivity index (χ4n) is 3.70. The van der Waals surface area contributed by atoms with Crippen LogP contribution >= 0.6 is 0 Å².